The molecule has 0 N–H and O–H groups in total. The number of hydrogen-bond donors (Lipinski definition) is 0. The van der Waals surface area contributed by atoms with Gasteiger partial charge in [0.1, 0.15) is 6.79 Å². The van der Waals surface area contributed by atoms with Crippen LogP contribution in [0.2, 0.25) is 25.7 Å². The first kappa shape index (κ1) is 17.1. The molecule has 0 saturated heterocycles. The highest BCUT2D eigenvalue weighted by molar-refractivity contribution is 14.1. The van der Waals surface area contributed by atoms with Crippen LogP contribution in [0.5, 0.6) is 0 Å². The molecule has 17 heavy (non-hydrogen) atoms. The minimum Gasteiger partial charge on any atom is -0.465 e. The zero-order chi connectivity index (χ0) is 13.3. The molecule has 0 heterocycles. The molecule has 100 valence electrons. The third-order valence-corrected chi connectivity index (χ3v) is 4.51. The van der Waals surface area contributed by atoms with Crippen molar-refractivity contribution in [1.29, 1.82) is 0 Å². The third kappa shape index (κ3) is 10.9. The number of hydrogen-bond acceptors (Lipinski definition) is 4. The monoisotopic (exact) mass is 372 g/mol. The molecule has 0 aromatic heterocycles. The van der Waals surface area contributed by atoms with Gasteiger partial charge in [-0.2, -0.15) is 0 Å². The summed E-state index contributed by atoms with van der Waals surface area (Å²) < 4.78 is 15.6. The van der Waals surface area contributed by atoms with Crippen LogP contribution < -0.4 is 0 Å². The second kappa shape index (κ2) is 9.07. The molecular weight excluding hydrogens is 351 g/mol. The van der Waals surface area contributed by atoms with Crippen molar-refractivity contribution >= 4 is 36.6 Å². The molecule has 0 saturated carbocycles. The minimum atomic E-state index is -1.02. The highest BCUT2D eigenvalue weighted by Gasteiger charge is 2.11. The van der Waals surface area contributed by atoms with Crippen molar-refractivity contribution in [2.45, 2.75) is 25.7 Å². The molecule has 0 aromatic carbocycles. The van der Waals surface area contributed by atoms with Gasteiger partial charge in [-0.25, -0.2) is 4.79 Å². The van der Waals surface area contributed by atoms with E-state index in [4.69, 9.17) is 9.47 Å². The van der Waals surface area contributed by atoms with E-state index in [0.29, 0.717) is 10.2 Å². The largest absolute Gasteiger partial charge is 0.465 e. The summed E-state index contributed by atoms with van der Waals surface area (Å²) in [5, 5.41) is 0. The molecule has 0 rings (SSSR count). The van der Waals surface area contributed by atoms with Gasteiger partial charge in [0.15, 0.2) is 0 Å². The maximum atomic E-state index is 11.0. The Morgan fingerprint density at radius 1 is 1.29 bits per heavy atom. The molecule has 0 spiro atoms. The van der Waals surface area contributed by atoms with Crippen molar-refractivity contribution in [2.24, 2.45) is 0 Å². The van der Waals surface area contributed by atoms with Crippen LogP contribution in [0.1, 0.15) is 0 Å². The van der Waals surface area contributed by atoms with Crippen molar-refractivity contribution in [3.05, 3.63) is 9.66 Å². The summed E-state index contributed by atoms with van der Waals surface area (Å²) in [7, 11) is 0.338. The smallest absolute Gasteiger partial charge is 0.343 e. The molecular formula is C11H21IO4Si. The Morgan fingerprint density at radius 2 is 1.94 bits per heavy atom. The highest BCUT2D eigenvalue weighted by atomic mass is 127. The lowest BCUT2D eigenvalue weighted by Crippen LogP contribution is -2.22. The van der Waals surface area contributed by atoms with Crippen molar-refractivity contribution in [1.82, 2.24) is 0 Å². The van der Waals surface area contributed by atoms with Gasteiger partial charge in [0.05, 0.1) is 17.3 Å². The SMILES string of the molecule is COC(=O)/C(I)=C/COCOCC[Si](C)(C)C. The number of carbonyl (C=O) groups is 1. The van der Waals surface area contributed by atoms with Gasteiger partial charge in [-0.15, -0.1) is 0 Å². The van der Waals surface area contributed by atoms with Crippen LogP contribution in [-0.4, -0.2) is 41.2 Å². The van der Waals surface area contributed by atoms with E-state index in [-0.39, 0.29) is 12.8 Å². The first-order valence-corrected chi connectivity index (χ1v) is 10.2. The fourth-order valence-corrected chi connectivity index (χ4v) is 2.01. The molecule has 0 aliphatic rings. The van der Waals surface area contributed by atoms with Crippen LogP contribution in [0, 0.1) is 0 Å². The Hall–Kier alpha value is 0.0769. The molecule has 0 aliphatic carbocycles. The zero-order valence-corrected chi connectivity index (χ0v) is 14.1. The zero-order valence-electron chi connectivity index (χ0n) is 10.9. The van der Waals surface area contributed by atoms with Crippen LogP contribution in [-0.2, 0) is 19.0 Å². The second-order valence-corrected chi connectivity index (χ2v) is 11.5. The lowest BCUT2D eigenvalue weighted by molar-refractivity contribution is -0.135. The third-order valence-electron chi connectivity index (χ3n) is 1.92. The molecule has 0 aromatic rings. The Bertz CT molecular complexity index is 261. The number of halogens is 1. The lowest BCUT2D eigenvalue weighted by Gasteiger charge is -2.15. The summed E-state index contributed by atoms with van der Waals surface area (Å²) in [5.74, 6) is -0.339. The van der Waals surface area contributed by atoms with Crippen molar-refractivity contribution in [2.75, 3.05) is 27.1 Å². The van der Waals surface area contributed by atoms with E-state index < -0.39 is 8.07 Å². The van der Waals surface area contributed by atoms with Gasteiger partial charge in [0.2, 0.25) is 0 Å². The van der Waals surface area contributed by atoms with E-state index in [9.17, 15) is 4.79 Å². The highest BCUT2D eigenvalue weighted by Crippen LogP contribution is 2.08. The van der Waals surface area contributed by atoms with Gasteiger partial charge in [-0.3, -0.25) is 0 Å². The summed E-state index contributed by atoms with van der Waals surface area (Å²) in [5.41, 5.74) is 0. The number of rotatable bonds is 8. The van der Waals surface area contributed by atoms with Crippen LogP contribution in [0.25, 0.3) is 0 Å². The van der Waals surface area contributed by atoms with Gasteiger partial charge >= 0.3 is 5.97 Å². The molecule has 0 amide bonds. The Balaban J connectivity index is 3.50. The normalized spacial score (nSPS) is 12.6. The average Bonchev–Trinajstić information content (AvgIpc) is 2.24. The first-order chi connectivity index (χ1) is 7.87. The van der Waals surface area contributed by atoms with E-state index >= 15 is 0 Å². The van der Waals surface area contributed by atoms with E-state index in [1.54, 1.807) is 6.08 Å². The maximum absolute atomic E-state index is 11.0. The molecule has 0 unspecified atom stereocenters. The Morgan fingerprint density at radius 3 is 2.47 bits per heavy atom. The molecule has 0 radical (unpaired) electrons. The van der Waals surface area contributed by atoms with Crippen molar-refractivity contribution in [3.8, 4) is 0 Å². The summed E-state index contributed by atoms with van der Waals surface area (Å²) in [4.78, 5) is 11.0. The number of esters is 1. The number of methoxy groups -OCH3 is 1. The predicted molar refractivity (Wildman–Crippen MR) is 79.0 cm³/mol. The van der Waals surface area contributed by atoms with E-state index in [2.05, 4.69) is 24.4 Å². The van der Waals surface area contributed by atoms with Gasteiger partial charge in [-0.05, 0) is 34.7 Å². The van der Waals surface area contributed by atoms with E-state index in [0.717, 1.165) is 12.7 Å². The minimum absolute atomic E-state index is 0.270. The Labute approximate surface area is 118 Å². The van der Waals surface area contributed by atoms with Crippen LogP contribution in [0.3, 0.4) is 0 Å². The second-order valence-electron chi connectivity index (χ2n) is 4.75. The summed E-state index contributed by atoms with van der Waals surface area (Å²) >= 11 is 1.92. The van der Waals surface area contributed by atoms with Crippen molar-refractivity contribution in [3.63, 3.8) is 0 Å². The van der Waals surface area contributed by atoms with Gasteiger partial charge in [0, 0.05) is 14.7 Å². The summed E-state index contributed by atoms with van der Waals surface area (Å²) in [6.45, 7) is 8.29. The van der Waals surface area contributed by atoms with E-state index in [1.165, 1.54) is 7.11 Å². The fraction of sp³-hybridized carbons (Fsp3) is 0.727. The molecule has 0 atom stereocenters. The van der Waals surface area contributed by atoms with Crippen LogP contribution in [0.15, 0.2) is 9.66 Å². The molecule has 0 bridgehead atoms. The molecule has 6 heteroatoms. The predicted octanol–water partition coefficient (Wildman–Crippen LogP) is 2.81. The van der Waals surface area contributed by atoms with Gasteiger partial charge in [-0.1, -0.05) is 19.6 Å². The molecule has 0 aliphatic heterocycles. The first-order valence-electron chi connectivity index (χ1n) is 5.46. The maximum Gasteiger partial charge on any atom is 0.343 e. The Kier molecular flexibility index (Phi) is 9.11. The van der Waals surface area contributed by atoms with E-state index in [1.807, 2.05) is 22.6 Å². The number of carbonyl (C=O) groups excluding carboxylic acids is 1. The topological polar surface area (TPSA) is 44.8 Å². The van der Waals surface area contributed by atoms with Crippen molar-refractivity contribution < 1.29 is 19.0 Å². The van der Waals surface area contributed by atoms with Crippen LogP contribution >= 0.6 is 22.6 Å². The fourth-order valence-electron chi connectivity index (χ4n) is 0.857. The summed E-state index contributed by atoms with van der Waals surface area (Å²) in [6.07, 6.45) is 1.67. The average molecular weight is 372 g/mol. The van der Waals surface area contributed by atoms with Crippen LogP contribution in [0.4, 0.5) is 0 Å². The van der Waals surface area contributed by atoms with Gasteiger partial charge in [0.25, 0.3) is 0 Å². The summed E-state index contributed by atoms with van der Waals surface area (Å²) in [6, 6.07) is 1.13. The number of ether oxygens (including phenoxy) is 3. The quantitative estimate of drug-likeness (QED) is 0.164. The lowest BCUT2D eigenvalue weighted by atomic mass is 10.5. The molecule has 0 fully saturated rings. The van der Waals surface area contributed by atoms with Gasteiger partial charge < -0.3 is 14.2 Å². The molecule has 4 nitrogen and oxygen atoms in total. The standard InChI is InChI=1S/C11H21IO4Si/c1-14-11(13)10(12)5-6-15-9-16-7-8-17(2,3)4/h5H,6-9H2,1-4H3/b10-5-.